The van der Waals surface area contributed by atoms with Crippen molar-refractivity contribution in [3.05, 3.63) is 65.0 Å². The zero-order chi connectivity index (χ0) is 13.2. The van der Waals surface area contributed by atoms with Gasteiger partial charge in [-0.1, -0.05) is 36.4 Å². The summed E-state index contributed by atoms with van der Waals surface area (Å²) in [4.78, 5) is 0. The van der Waals surface area contributed by atoms with Gasteiger partial charge in [0.25, 0.3) is 0 Å². The van der Waals surface area contributed by atoms with Crippen LogP contribution in [0.1, 0.15) is 22.8 Å². The van der Waals surface area contributed by atoms with Crippen LogP contribution in [0.4, 0.5) is 10.1 Å². The largest absolute Gasteiger partial charge is 0.388 e. The molecule has 0 radical (unpaired) electrons. The van der Waals surface area contributed by atoms with Crippen LogP contribution in [0.25, 0.3) is 0 Å². The second kappa shape index (κ2) is 5.02. The summed E-state index contributed by atoms with van der Waals surface area (Å²) >= 11 is 0. The summed E-state index contributed by atoms with van der Waals surface area (Å²) in [6.07, 6.45) is 0.595. The number of aliphatic hydroxyl groups is 1. The fourth-order valence-electron chi connectivity index (χ4n) is 2.63. The van der Waals surface area contributed by atoms with Crippen LogP contribution >= 0.6 is 0 Å². The lowest BCUT2D eigenvalue weighted by molar-refractivity contribution is 0.178. The molecule has 0 bridgehead atoms. The van der Waals surface area contributed by atoms with Gasteiger partial charge in [-0.05, 0) is 23.6 Å². The summed E-state index contributed by atoms with van der Waals surface area (Å²) in [6.45, 7) is 0.902. The van der Waals surface area contributed by atoms with Gasteiger partial charge in [-0.15, -0.1) is 0 Å². The third-order valence-electron chi connectivity index (χ3n) is 3.61. The van der Waals surface area contributed by atoms with E-state index in [-0.39, 0.29) is 5.82 Å². The molecular formula is C16H16FNO. The Morgan fingerprint density at radius 3 is 2.84 bits per heavy atom. The van der Waals surface area contributed by atoms with Crippen molar-refractivity contribution in [3.8, 4) is 0 Å². The number of para-hydroxylation sites is 1. The maximum absolute atomic E-state index is 13.6. The van der Waals surface area contributed by atoms with Crippen LogP contribution in [0, 0.1) is 5.82 Å². The number of halogens is 1. The van der Waals surface area contributed by atoms with Crippen molar-refractivity contribution in [2.75, 3.05) is 11.9 Å². The fraction of sp³-hybridized carbons (Fsp3) is 0.250. The Balaban J connectivity index is 1.87. The summed E-state index contributed by atoms with van der Waals surface area (Å²) in [5.74, 6) is -0.262. The monoisotopic (exact) mass is 257 g/mol. The zero-order valence-electron chi connectivity index (χ0n) is 10.6. The summed E-state index contributed by atoms with van der Waals surface area (Å²) in [6, 6.07) is 12.5. The van der Waals surface area contributed by atoms with Crippen molar-refractivity contribution in [2.24, 2.45) is 0 Å². The van der Waals surface area contributed by atoms with Crippen LogP contribution in [-0.2, 0) is 12.8 Å². The molecule has 0 saturated carbocycles. The predicted molar refractivity (Wildman–Crippen MR) is 73.7 cm³/mol. The topological polar surface area (TPSA) is 32.3 Å². The third-order valence-corrected chi connectivity index (χ3v) is 3.61. The normalized spacial score (nSPS) is 14.8. The number of aliphatic hydroxyl groups excluding tert-OH is 1. The van der Waals surface area contributed by atoms with Crippen molar-refractivity contribution in [1.29, 1.82) is 0 Å². The molecule has 1 unspecified atom stereocenters. The molecule has 2 nitrogen and oxygen atoms in total. The Hall–Kier alpha value is -1.87. The van der Waals surface area contributed by atoms with Crippen molar-refractivity contribution in [3.63, 3.8) is 0 Å². The molecule has 1 aliphatic rings. The second-order valence-electron chi connectivity index (χ2n) is 4.87. The second-order valence-corrected chi connectivity index (χ2v) is 4.87. The summed E-state index contributed by atoms with van der Waals surface area (Å²) in [5.41, 5.74) is 3.65. The first-order chi connectivity index (χ1) is 9.25. The van der Waals surface area contributed by atoms with Crippen LogP contribution < -0.4 is 5.32 Å². The average Bonchev–Trinajstić information content (AvgIpc) is 2.89. The molecule has 0 fully saturated rings. The van der Waals surface area contributed by atoms with E-state index >= 15 is 0 Å². The first-order valence-corrected chi connectivity index (χ1v) is 6.53. The van der Waals surface area contributed by atoms with Crippen LogP contribution in [0.15, 0.2) is 42.5 Å². The van der Waals surface area contributed by atoms with Crippen LogP contribution in [0.3, 0.4) is 0 Å². The summed E-state index contributed by atoms with van der Waals surface area (Å²) in [5, 5.41) is 13.7. The fourth-order valence-corrected chi connectivity index (χ4v) is 2.63. The van der Waals surface area contributed by atoms with Gasteiger partial charge in [0.2, 0.25) is 0 Å². The van der Waals surface area contributed by atoms with Gasteiger partial charge in [-0.3, -0.25) is 0 Å². The average molecular weight is 257 g/mol. The molecule has 0 aliphatic carbocycles. The van der Waals surface area contributed by atoms with Crippen molar-refractivity contribution in [1.82, 2.24) is 0 Å². The van der Waals surface area contributed by atoms with Gasteiger partial charge < -0.3 is 10.4 Å². The van der Waals surface area contributed by atoms with Crippen LogP contribution in [-0.4, -0.2) is 11.7 Å². The molecule has 3 heteroatoms. The van der Waals surface area contributed by atoms with E-state index in [4.69, 9.17) is 0 Å². The standard InChI is InChI=1S/C16H16FNO/c17-14-7-2-1-4-12(14)10-15(19)13-6-3-5-11-8-9-18-16(11)13/h1-7,15,18-19H,8-10H2. The molecule has 1 atom stereocenters. The number of hydrogen-bond donors (Lipinski definition) is 2. The molecule has 1 heterocycles. The van der Waals surface area contributed by atoms with Gasteiger partial charge in [0, 0.05) is 24.2 Å². The van der Waals surface area contributed by atoms with Crippen molar-refractivity contribution >= 4 is 5.69 Å². The molecule has 0 aromatic heterocycles. The van der Waals surface area contributed by atoms with Gasteiger partial charge in [-0.25, -0.2) is 4.39 Å². The summed E-state index contributed by atoms with van der Waals surface area (Å²) in [7, 11) is 0. The van der Waals surface area contributed by atoms with E-state index in [0.29, 0.717) is 12.0 Å². The number of anilines is 1. The van der Waals surface area contributed by atoms with Gasteiger partial charge in [0.15, 0.2) is 0 Å². The smallest absolute Gasteiger partial charge is 0.126 e. The highest BCUT2D eigenvalue weighted by molar-refractivity contribution is 5.62. The predicted octanol–water partition coefficient (Wildman–Crippen LogP) is 3.07. The van der Waals surface area contributed by atoms with E-state index in [1.54, 1.807) is 18.2 Å². The Kier molecular flexibility index (Phi) is 3.22. The minimum Gasteiger partial charge on any atom is -0.388 e. The van der Waals surface area contributed by atoms with Gasteiger partial charge >= 0.3 is 0 Å². The van der Waals surface area contributed by atoms with E-state index in [1.165, 1.54) is 11.6 Å². The number of nitrogens with one attached hydrogen (secondary N) is 1. The Bertz CT molecular complexity index is 597. The molecule has 0 saturated heterocycles. The van der Waals surface area contributed by atoms with Gasteiger partial charge in [-0.2, -0.15) is 0 Å². The molecule has 2 aromatic rings. The summed E-state index contributed by atoms with van der Waals surface area (Å²) < 4.78 is 13.6. The molecule has 0 amide bonds. The zero-order valence-corrected chi connectivity index (χ0v) is 10.6. The number of benzene rings is 2. The highest BCUT2D eigenvalue weighted by Gasteiger charge is 2.19. The van der Waals surface area contributed by atoms with E-state index in [0.717, 1.165) is 24.2 Å². The van der Waals surface area contributed by atoms with E-state index in [2.05, 4.69) is 11.4 Å². The van der Waals surface area contributed by atoms with Crippen LogP contribution in [0.2, 0.25) is 0 Å². The molecular weight excluding hydrogens is 241 g/mol. The first-order valence-electron chi connectivity index (χ1n) is 6.53. The Labute approximate surface area is 111 Å². The SMILES string of the molecule is OC(Cc1ccccc1F)c1cccc2c1NCC2. The van der Waals surface area contributed by atoms with E-state index in [9.17, 15) is 9.50 Å². The molecule has 0 spiro atoms. The van der Waals surface area contributed by atoms with Crippen molar-refractivity contribution < 1.29 is 9.50 Å². The van der Waals surface area contributed by atoms with Gasteiger partial charge in [0.05, 0.1) is 6.10 Å². The van der Waals surface area contributed by atoms with Crippen molar-refractivity contribution in [2.45, 2.75) is 18.9 Å². The molecule has 2 N–H and O–H groups in total. The van der Waals surface area contributed by atoms with E-state index in [1.807, 2.05) is 12.1 Å². The molecule has 98 valence electrons. The quantitative estimate of drug-likeness (QED) is 0.885. The lowest BCUT2D eigenvalue weighted by Crippen LogP contribution is -2.06. The number of rotatable bonds is 3. The van der Waals surface area contributed by atoms with Gasteiger partial charge in [0.1, 0.15) is 5.82 Å². The maximum atomic E-state index is 13.6. The Morgan fingerprint density at radius 1 is 1.16 bits per heavy atom. The maximum Gasteiger partial charge on any atom is 0.126 e. The Morgan fingerprint density at radius 2 is 2.00 bits per heavy atom. The van der Waals surface area contributed by atoms with Crippen LogP contribution in [0.5, 0.6) is 0 Å². The third kappa shape index (κ3) is 2.34. The highest BCUT2D eigenvalue weighted by atomic mass is 19.1. The van der Waals surface area contributed by atoms with E-state index < -0.39 is 6.10 Å². The molecule has 3 rings (SSSR count). The molecule has 1 aliphatic heterocycles. The number of fused-ring (bicyclic) bond motifs is 1. The lowest BCUT2D eigenvalue weighted by atomic mass is 9.97. The number of hydrogen-bond acceptors (Lipinski definition) is 2. The lowest BCUT2D eigenvalue weighted by Gasteiger charge is -2.15. The first kappa shape index (κ1) is 12.2. The molecule has 2 aromatic carbocycles. The minimum absolute atomic E-state index is 0.262. The minimum atomic E-state index is -0.683. The molecule has 19 heavy (non-hydrogen) atoms. The highest BCUT2D eigenvalue weighted by Crippen LogP contribution is 2.32.